The van der Waals surface area contributed by atoms with Crippen molar-refractivity contribution in [2.45, 2.75) is 25.7 Å². The summed E-state index contributed by atoms with van der Waals surface area (Å²) in [5.74, 6) is 0.866. The molecule has 1 aromatic rings. The Bertz CT molecular complexity index is 691. The molecule has 2 aliphatic rings. The molecule has 2 N–H and O–H groups in total. The fourth-order valence-electron chi connectivity index (χ4n) is 4.00. The van der Waals surface area contributed by atoms with Crippen LogP contribution in [-0.2, 0) is 17.8 Å². The molecule has 2 aliphatic heterocycles. The standard InChI is InChI=1S/C21H32F3N5O/c1-25-20(26-12-17-6-7-29(14-17)16-21(22,23)24)27-13-18-4-2-3-5-19(18)15-28-8-10-30-11-9-28/h2-5,17H,6-16H2,1H3,(H2,25,26,27). The number of nitrogens with zero attached hydrogens (tertiary/aromatic N) is 3. The molecule has 9 heteroatoms. The second-order valence-electron chi connectivity index (χ2n) is 7.97. The molecule has 1 aromatic carbocycles. The highest BCUT2D eigenvalue weighted by Crippen LogP contribution is 2.22. The number of aliphatic imine (C=N–C) groups is 1. The molecule has 0 bridgehead atoms. The number of rotatable bonds is 7. The van der Waals surface area contributed by atoms with E-state index in [1.807, 2.05) is 6.07 Å². The lowest BCUT2D eigenvalue weighted by atomic mass is 10.1. The van der Waals surface area contributed by atoms with E-state index in [0.29, 0.717) is 32.1 Å². The van der Waals surface area contributed by atoms with Crippen LogP contribution < -0.4 is 10.6 Å². The molecule has 0 radical (unpaired) electrons. The van der Waals surface area contributed by atoms with Crippen LogP contribution in [0.4, 0.5) is 13.2 Å². The van der Waals surface area contributed by atoms with E-state index in [0.717, 1.165) is 39.3 Å². The number of nitrogens with one attached hydrogen (secondary N) is 2. The van der Waals surface area contributed by atoms with E-state index >= 15 is 0 Å². The molecule has 0 amide bonds. The molecule has 2 saturated heterocycles. The second kappa shape index (κ2) is 11.0. The van der Waals surface area contributed by atoms with Crippen molar-refractivity contribution >= 4 is 5.96 Å². The molecule has 3 rings (SSSR count). The number of morpholine rings is 1. The van der Waals surface area contributed by atoms with Gasteiger partial charge in [0, 0.05) is 46.3 Å². The number of hydrogen-bond acceptors (Lipinski definition) is 4. The molecule has 0 aliphatic carbocycles. The Morgan fingerprint density at radius 2 is 1.83 bits per heavy atom. The summed E-state index contributed by atoms with van der Waals surface area (Å²) in [4.78, 5) is 8.13. The van der Waals surface area contributed by atoms with Gasteiger partial charge in [0.2, 0.25) is 0 Å². The Kier molecular flexibility index (Phi) is 8.35. The van der Waals surface area contributed by atoms with Crippen LogP contribution in [-0.4, -0.2) is 81.5 Å². The van der Waals surface area contributed by atoms with E-state index in [1.165, 1.54) is 16.0 Å². The number of halogens is 3. The third kappa shape index (κ3) is 7.45. The lowest BCUT2D eigenvalue weighted by molar-refractivity contribution is -0.143. The number of guanidine groups is 1. The van der Waals surface area contributed by atoms with Gasteiger partial charge < -0.3 is 15.4 Å². The number of hydrogen-bond donors (Lipinski definition) is 2. The topological polar surface area (TPSA) is 52.1 Å². The fourth-order valence-corrected chi connectivity index (χ4v) is 4.00. The van der Waals surface area contributed by atoms with Crippen LogP contribution in [0.3, 0.4) is 0 Å². The zero-order chi connectivity index (χ0) is 21.4. The van der Waals surface area contributed by atoms with Crippen molar-refractivity contribution in [1.82, 2.24) is 20.4 Å². The molecule has 0 aromatic heterocycles. The van der Waals surface area contributed by atoms with Crippen molar-refractivity contribution < 1.29 is 17.9 Å². The average Bonchev–Trinajstić information content (AvgIpc) is 3.15. The van der Waals surface area contributed by atoms with Crippen LogP contribution >= 0.6 is 0 Å². The summed E-state index contributed by atoms with van der Waals surface area (Å²) in [7, 11) is 1.71. The first-order valence-corrected chi connectivity index (χ1v) is 10.5. The van der Waals surface area contributed by atoms with E-state index in [9.17, 15) is 13.2 Å². The molecule has 168 valence electrons. The smallest absolute Gasteiger partial charge is 0.379 e. The maximum atomic E-state index is 12.5. The highest BCUT2D eigenvalue weighted by molar-refractivity contribution is 5.79. The van der Waals surface area contributed by atoms with Crippen LogP contribution in [0, 0.1) is 5.92 Å². The highest BCUT2D eigenvalue weighted by atomic mass is 19.4. The second-order valence-corrected chi connectivity index (χ2v) is 7.97. The predicted molar refractivity (Wildman–Crippen MR) is 111 cm³/mol. The molecule has 1 atom stereocenters. The van der Waals surface area contributed by atoms with Crippen molar-refractivity contribution in [3.8, 4) is 0 Å². The van der Waals surface area contributed by atoms with Gasteiger partial charge in [-0.15, -0.1) is 0 Å². The van der Waals surface area contributed by atoms with Gasteiger partial charge in [-0.25, -0.2) is 0 Å². The van der Waals surface area contributed by atoms with Gasteiger partial charge in [-0.05, 0) is 30.0 Å². The zero-order valence-electron chi connectivity index (χ0n) is 17.5. The van der Waals surface area contributed by atoms with E-state index in [2.05, 4.69) is 38.7 Å². The minimum atomic E-state index is -4.13. The van der Waals surface area contributed by atoms with Gasteiger partial charge in [0.15, 0.2) is 5.96 Å². The van der Waals surface area contributed by atoms with Crippen LogP contribution in [0.15, 0.2) is 29.3 Å². The van der Waals surface area contributed by atoms with Crippen molar-refractivity contribution in [2.24, 2.45) is 10.9 Å². The minimum Gasteiger partial charge on any atom is -0.379 e. The number of benzene rings is 1. The van der Waals surface area contributed by atoms with Crippen molar-refractivity contribution in [2.75, 3.05) is 59.5 Å². The van der Waals surface area contributed by atoms with Gasteiger partial charge in [0.1, 0.15) is 0 Å². The maximum Gasteiger partial charge on any atom is 0.401 e. The quantitative estimate of drug-likeness (QED) is 0.516. The Balaban J connectivity index is 1.44. The summed E-state index contributed by atoms with van der Waals surface area (Å²) in [5, 5.41) is 6.61. The lowest BCUT2D eigenvalue weighted by Gasteiger charge is -2.27. The monoisotopic (exact) mass is 427 g/mol. The minimum absolute atomic E-state index is 0.194. The zero-order valence-corrected chi connectivity index (χ0v) is 17.5. The summed E-state index contributed by atoms with van der Waals surface area (Å²) in [5.41, 5.74) is 2.49. The van der Waals surface area contributed by atoms with Crippen molar-refractivity contribution in [3.05, 3.63) is 35.4 Å². The summed E-state index contributed by atoms with van der Waals surface area (Å²) >= 11 is 0. The Labute approximate surface area is 176 Å². The van der Waals surface area contributed by atoms with E-state index < -0.39 is 12.7 Å². The largest absolute Gasteiger partial charge is 0.401 e. The molecular weight excluding hydrogens is 395 g/mol. The number of alkyl halides is 3. The normalized spacial score (nSPS) is 21.7. The van der Waals surface area contributed by atoms with Gasteiger partial charge in [0.25, 0.3) is 0 Å². The molecule has 2 fully saturated rings. The van der Waals surface area contributed by atoms with Crippen LogP contribution in [0.2, 0.25) is 0 Å². The molecule has 0 saturated carbocycles. The van der Waals surface area contributed by atoms with Gasteiger partial charge >= 0.3 is 6.18 Å². The Hall–Kier alpha value is -1.84. The van der Waals surface area contributed by atoms with Gasteiger partial charge in [0.05, 0.1) is 19.8 Å². The molecule has 0 spiro atoms. The fraction of sp³-hybridized carbons (Fsp3) is 0.667. The number of ether oxygens (including phenoxy) is 1. The highest BCUT2D eigenvalue weighted by Gasteiger charge is 2.34. The first kappa shape index (κ1) is 22.8. The van der Waals surface area contributed by atoms with Gasteiger partial charge in [-0.3, -0.25) is 14.8 Å². The summed E-state index contributed by atoms with van der Waals surface area (Å²) in [6, 6.07) is 8.35. The first-order valence-electron chi connectivity index (χ1n) is 10.5. The molecule has 1 unspecified atom stereocenters. The third-order valence-corrected chi connectivity index (χ3v) is 5.62. The molecule has 30 heavy (non-hydrogen) atoms. The average molecular weight is 428 g/mol. The predicted octanol–water partition coefficient (Wildman–Crippen LogP) is 2.07. The van der Waals surface area contributed by atoms with Crippen LogP contribution in [0.5, 0.6) is 0 Å². The first-order chi connectivity index (χ1) is 14.4. The van der Waals surface area contributed by atoms with Crippen molar-refractivity contribution in [3.63, 3.8) is 0 Å². The number of likely N-dealkylation sites (tertiary alicyclic amines) is 1. The van der Waals surface area contributed by atoms with E-state index in [-0.39, 0.29) is 5.92 Å². The van der Waals surface area contributed by atoms with Gasteiger partial charge in [-0.2, -0.15) is 13.2 Å². The van der Waals surface area contributed by atoms with E-state index in [4.69, 9.17) is 4.74 Å². The maximum absolute atomic E-state index is 12.5. The SMILES string of the molecule is CN=C(NCc1ccccc1CN1CCOCC1)NCC1CCN(CC(F)(F)F)C1. The Morgan fingerprint density at radius 3 is 2.53 bits per heavy atom. The lowest BCUT2D eigenvalue weighted by Crippen LogP contribution is -2.40. The van der Waals surface area contributed by atoms with Crippen molar-refractivity contribution in [1.29, 1.82) is 0 Å². The third-order valence-electron chi connectivity index (χ3n) is 5.62. The molecule has 6 nitrogen and oxygen atoms in total. The molecule has 2 heterocycles. The summed E-state index contributed by atoms with van der Waals surface area (Å²) in [6.45, 7) is 5.72. The Morgan fingerprint density at radius 1 is 1.10 bits per heavy atom. The van der Waals surface area contributed by atoms with Gasteiger partial charge in [-0.1, -0.05) is 24.3 Å². The van der Waals surface area contributed by atoms with E-state index in [1.54, 1.807) is 7.05 Å². The summed E-state index contributed by atoms with van der Waals surface area (Å²) in [6.07, 6.45) is -3.36. The summed E-state index contributed by atoms with van der Waals surface area (Å²) < 4.78 is 43.1. The van der Waals surface area contributed by atoms with Crippen LogP contribution in [0.1, 0.15) is 17.5 Å². The van der Waals surface area contributed by atoms with Crippen LogP contribution in [0.25, 0.3) is 0 Å². The molecular formula is C21H32F3N5O.